The van der Waals surface area contributed by atoms with Gasteiger partial charge in [0, 0.05) is 17.9 Å². The number of rotatable bonds is 8. The number of halogens is 1. The smallest absolute Gasteiger partial charge is 0.221 e. The standard InChI is InChI=1S/C14H17FN4OS/c15-12-2-4-13(5-3-12)21-9-1-7-17-14(20)6-8-19-11-16-10-18-19/h2-5,10-11H,1,6-9H2,(H,17,20). The Morgan fingerprint density at radius 2 is 2.14 bits per heavy atom. The number of hydrogen-bond donors (Lipinski definition) is 1. The van der Waals surface area contributed by atoms with E-state index in [9.17, 15) is 9.18 Å². The summed E-state index contributed by atoms with van der Waals surface area (Å²) >= 11 is 1.65. The van der Waals surface area contributed by atoms with E-state index in [1.165, 1.54) is 18.5 Å². The van der Waals surface area contributed by atoms with Gasteiger partial charge < -0.3 is 5.32 Å². The molecule has 0 radical (unpaired) electrons. The highest BCUT2D eigenvalue weighted by atomic mass is 32.2. The quantitative estimate of drug-likeness (QED) is 0.599. The minimum atomic E-state index is -0.223. The summed E-state index contributed by atoms with van der Waals surface area (Å²) in [5.74, 6) is 0.672. The summed E-state index contributed by atoms with van der Waals surface area (Å²) < 4.78 is 14.4. The first-order chi connectivity index (χ1) is 10.2. The number of nitrogens with zero attached hydrogens (tertiary/aromatic N) is 3. The van der Waals surface area contributed by atoms with Crippen molar-refractivity contribution in [2.45, 2.75) is 24.3 Å². The minimum absolute atomic E-state index is 0.0114. The van der Waals surface area contributed by atoms with Gasteiger partial charge in [0.25, 0.3) is 0 Å². The molecule has 2 rings (SSSR count). The number of aromatic nitrogens is 3. The summed E-state index contributed by atoms with van der Waals surface area (Å²) in [7, 11) is 0. The summed E-state index contributed by atoms with van der Waals surface area (Å²) in [6, 6.07) is 6.43. The number of thioether (sulfide) groups is 1. The Labute approximate surface area is 127 Å². The summed E-state index contributed by atoms with van der Waals surface area (Å²) in [4.78, 5) is 16.4. The lowest BCUT2D eigenvalue weighted by atomic mass is 10.3. The van der Waals surface area contributed by atoms with E-state index in [0.29, 0.717) is 19.5 Å². The lowest BCUT2D eigenvalue weighted by molar-refractivity contribution is -0.121. The highest BCUT2D eigenvalue weighted by Gasteiger charge is 2.02. The average molecular weight is 308 g/mol. The molecule has 7 heteroatoms. The van der Waals surface area contributed by atoms with Crippen LogP contribution in [-0.4, -0.2) is 33.0 Å². The molecule has 1 N–H and O–H groups in total. The van der Waals surface area contributed by atoms with Crippen molar-refractivity contribution in [1.29, 1.82) is 0 Å². The molecule has 0 atom stereocenters. The van der Waals surface area contributed by atoms with Crippen LogP contribution in [0.25, 0.3) is 0 Å². The highest BCUT2D eigenvalue weighted by molar-refractivity contribution is 7.99. The monoisotopic (exact) mass is 308 g/mol. The van der Waals surface area contributed by atoms with Gasteiger partial charge in [0.1, 0.15) is 18.5 Å². The molecule has 21 heavy (non-hydrogen) atoms. The van der Waals surface area contributed by atoms with Gasteiger partial charge in [-0.05, 0) is 36.4 Å². The SMILES string of the molecule is O=C(CCn1cncn1)NCCCSc1ccc(F)cc1. The summed E-state index contributed by atoms with van der Waals surface area (Å²) in [5.41, 5.74) is 0. The third-order valence-corrected chi connectivity index (χ3v) is 3.86. The lowest BCUT2D eigenvalue weighted by Gasteiger charge is -2.05. The van der Waals surface area contributed by atoms with Crippen molar-refractivity contribution in [2.24, 2.45) is 0 Å². The van der Waals surface area contributed by atoms with Crippen LogP contribution in [0.4, 0.5) is 4.39 Å². The number of amides is 1. The van der Waals surface area contributed by atoms with E-state index >= 15 is 0 Å². The van der Waals surface area contributed by atoms with Crippen molar-refractivity contribution < 1.29 is 9.18 Å². The maximum Gasteiger partial charge on any atom is 0.221 e. The van der Waals surface area contributed by atoms with Gasteiger partial charge >= 0.3 is 0 Å². The molecule has 1 aromatic heterocycles. The molecule has 0 aliphatic heterocycles. The van der Waals surface area contributed by atoms with Crippen LogP contribution < -0.4 is 5.32 Å². The molecule has 0 aliphatic carbocycles. The molecule has 0 aliphatic rings. The normalized spacial score (nSPS) is 10.5. The number of carbonyl (C=O) groups is 1. The van der Waals surface area contributed by atoms with E-state index in [-0.39, 0.29) is 11.7 Å². The maximum atomic E-state index is 12.7. The van der Waals surface area contributed by atoms with Crippen LogP contribution in [0.5, 0.6) is 0 Å². The largest absolute Gasteiger partial charge is 0.356 e. The number of benzene rings is 1. The summed E-state index contributed by atoms with van der Waals surface area (Å²) in [5, 5.41) is 6.80. The van der Waals surface area contributed by atoms with E-state index in [0.717, 1.165) is 17.1 Å². The van der Waals surface area contributed by atoms with Crippen LogP contribution in [0.3, 0.4) is 0 Å². The van der Waals surface area contributed by atoms with E-state index in [1.54, 1.807) is 34.9 Å². The predicted octanol–water partition coefficient (Wildman–Crippen LogP) is 2.11. The minimum Gasteiger partial charge on any atom is -0.356 e. The predicted molar refractivity (Wildman–Crippen MR) is 79.4 cm³/mol. The molecule has 5 nitrogen and oxygen atoms in total. The van der Waals surface area contributed by atoms with Crippen molar-refractivity contribution in [3.63, 3.8) is 0 Å². The van der Waals surface area contributed by atoms with Crippen molar-refractivity contribution in [3.05, 3.63) is 42.7 Å². The first kappa shape index (κ1) is 15.5. The average Bonchev–Trinajstić information content (AvgIpc) is 3.00. The first-order valence-corrected chi connectivity index (χ1v) is 7.70. The van der Waals surface area contributed by atoms with Crippen LogP contribution in [0.1, 0.15) is 12.8 Å². The molecular formula is C14H17FN4OS. The summed E-state index contributed by atoms with van der Waals surface area (Å²) in [6.07, 6.45) is 4.31. The zero-order chi connectivity index (χ0) is 14.9. The molecule has 1 aromatic carbocycles. The van der Waals surface area contributed by atoms with Crippen molar-refractivity contribution in [1.82, 2.24) is 20.1 Å². The molecule has 112 valence electrons. The van der Waals surface area contributed by atoms with Gasteiger partial charge in [-0.2, -0.15) is 5.10 Å². The molecule has 1 heterocycles. The van der Waals surface area contributed by atoms with Crippen LogP contribution in [0.15, 0.2) is 41.8 Å². The molecule has 0 saturated carbocycles. The van der Waals surface area contributed by atoms with Gasteiger partial charge in [0.05, 0.1) is 6.54 Å². The van der Waals surface area contributed by atoms with Crippen molar-refractivity contribution in [3.8, 4) is 0 Å². The number of hydrogen-bond acceptors (Lipinski definition) is 4. The highest BCUT2D eigenvalue weighted by Crippen LogP contribution is 2.18. The first-order valence-electron chi connectivity index (χ1n) is 6.71. The fourth-order valence-electron chi connectivity index (χ4n) is 1.67. The molecule has 0 spiro atoms. The van der Waals surface area contributed by atoms with Gasteiger partial charge in [-0.15, -0.1) is 11.8 Å². The Kier molecular flexibility index (Phi) is 6.21. The fourth-order valence-corrected chi connectivity index (χ4v) is 2.53. The molecule has 0 saturated heterocycles. The van der Waals surface area contributed by atoms with Crippen LogP contribution in [0.2, 0.25) is 0 Å². The molecule has 1 amide bonds. The maximum absolute atomic E-state index is 12.7. The van der Waals surface area contributed by atoms with E-state index in [1.807, 2.05) is 0 Å². The molecular weight excluding hydrogens is 291 g/mol. The Hall–Kier alpha value is -1.89. The van der Waals surface area contributed by atoms with Gasteiger partial charge in [0.15, 0.2) is 0 Å². The summed E-state index contributed by atoms with van der Waals surface area (Å²) in [6.45, 7) is 1.18. The van der Waals surface area contributed by atoms with Crippen molar-refractivity contribution in [2.75, 3.05) is 12.3 Å². The molecule has 0 fully saturated rings. The zero-order valence-corrected chi connectivity index (χ0v) is 12.4. The second-order valence-electron chi connectivity index (χ2n) is 4.41. The van der Waals surface area contributed by atoms with Crippen LogP contribution in [-0.2, 0) is 11.3 Å². The Balaban J connectivity index is 1.53. The van der Waals surface area contributed by atoms with Gasteiger partial charge in [-0.25, -0.2) is 9.37 Å². The fraction of sp³-hybridized carbons (Fsp3) is 0.357. The Morgan fingerprint density at radius 3 is 2.86 bits per heavy atom. The van der Waals surface area contributed by atoms with E-state index < -0.39 is 0 Å². The molecule has 0 unspecified atom stereocenters. The zero-order valence-electron chi connectivity index (χ0n) is 11.5. The Morgan fingerprint density at radius 1 is 1.33 bits per heavy atom. The van der Waals surface area contributed by atoms with E-state index in [2.05, 4.69) is 15.4 Å². The third kappa shape index (κ3) is 5.95. The van der Waals surface area contributed by atoms with Gasteiger partial charge in [-0.3, -0.25) is 9.48 Å². The number of carbonyl (C=O) groups excluding carboxylic acids is 1. The Bertz CT molecular complexity index is 545. The lowest BCUT2D eigenvalue weighted by Crippen LogP contribution is -2.25. The second-order valence-corrected chi connectivity index (χ2v) is 5.58. The van der Waals surface area contributed by atoms with Crippen LogP contribution >= 0.6 is 11.8 Å². The molecule has 0 bridgehead atoms. The van der Waals surface area contributed by atoms with Crippen molar-refractivity contribution >= 4 is 17.7 Å². The number of aryl methyl sites for hydroxylation is 1. The third-order valence-electron chi connectivity index (χ3n) is 2.76. The second kappa shape index (κ2) is 8.41. The number of nitrogens with one attached hydrogen (secondary N) is 1. The van der Waals surface area contributed by atoms with Gasteiger partial charge in [0.2, 0.25) is 5.91 Å². The topological polar surface area (TPSA) is 59.8 Å². The van der Waals surface area contributed by atoms with E-state index in [4.69, 9.17) is 0 Å². The van der Waals surface area contributed by atoms with Crippen LogP contribution in [0, 0.1) is 5.82 Å². The molecule has 2 aromatic rings. The van der Waals surface area contributed by atoms with Gasteiger partial charge in [-0.1, -0.05) is 0 Å².